The topological polar surface area (TPSA) is 120 Å². The van der Waals surface area contributed by atoms with Crippen LogP contribution in [0.5, 0.6) is 0 Å². The van der Waals surface area contributed by atoms with Gasteiger partial charge >= 0.3 is 12.0 Å². The molecule has 0 aliphatic rings. The Morgan fingerprint density at radius 2 is 1.76 bits per heavy atom. The van der Waals surface area contributed by atoms with Crippen molar-refractivity contribution in [3.8, 4) is 0 Å². The van der Waals surface area contributed by atoms with Gasteiger partial charge in [-0.3, -0.25) is 20.6 Å². The fourth-order valence-electron chi connectivity index (χ4n) is 1.96. The van der Waals surface area contributed by atoms with Crippen LogP contribution >= 0.6 is 0 Å². The third-order valence-electron chi connectivity index (χ3n) is 2.93. The van der Waals surface area contributed by atoms with Gasteiger partial charge in [0.15, 0.2) is 5.78 Å². The maximum Gasteiger partial charge on any atom is 0.340 e. The number of urea groups is 1. The van der Waals surface area contributed by atoms with E-state index in [1.54, 1.807) is 0 Å². The Bertz CT molecular complexity index is 837. The summed E-state index contributed by atoms with van der Waals surface area (Å²) in [4.78, 5) is 38.2. The lowest BCUT2D eigenvalue weighted by Crippen LogP contribution is -2.34. The smallest absolute Gasteiger partial charge is 0.340 e. The third kappa shape index (κ3) is 4.47. The van der Waals surface area contributed by atoms with Crippen LogP contribution in [0, 0.1) is 11.6 Å². The molecule has 0 fully saturated rings. The first-order chi connectivity index (χ1) is 11.8. The van der Waals surface area contributed by atoms with Gasteiger partial charge in [-0.1, -0.05) is 0 Å². The van der Waals surface area contributed by atoms with Gasteiger partial charge in [-0.25, -0.2) is 18.4 Å². The largest absolute Gasteiger partial charge is 0.478 e. The number of amides is 2. The summed E-state index contributed by atoms with van der Waals surface area (Å²) in [5, 5.41) is 11.4. The molecule has 0 unspecified atom stereocenters. The number of pyridine rings is 1. The summed E-state index contributed by atoms with van der Waals surface area (Å²) in [7, 11) is 0. The Morgan fingerprint density at radius 3 is 2.32 bits per heavy atom. The first-order valence-corrected chi connectivity index (χ1v) is 6.80. The van der Waals surface area contributed by atoms with Crippen LogP contribution in [0.2, 0.25) is 0 Å². The van der Waals surface area contributed by atoms with Crippen molar-refractivity contribution in [1.82, 2.24) is 10.4 Å². The first-order valence-electron chi connectivity index (χ1n) is 6.80. The van der Waals surface area contributed by atoms with Crippen LogP contribution in [0.4, 0.5) is 25.0 Å². The fourth-order valence-corrected chi connectivity index (χ4v) is 1.96. The van der Waals surface area contributed by atoms with E-state index in [1.807, 2.05) is 0 Å². The third-order valence-corrected chi connectivity index (χ3v) is 2.93. The number of nitrogens with zero attached hydrogens (tertiary/aromatic N) is 1. The molecule has 4 N–H and O–H groups in total. The molecule has 0 aliphatic heterocycles. The van der Waals surface area contributed by atoms with E-state index in [0.717, 1.165) is 19.1 Å². The minimum absolute atomic E-state index is 0.0896. The minimum atomic E-state index is -1.42. The highest BCUT2D eigenvalue weighted by atomic mass is 19.1. The second-order valence-corrected chi connectivity index (χ2v) is 4.81. The summed E-state index contributed by atoms with van der Waals surface area (Å²) in [6.45, 7) is 1.15. The summed E-state index contributed by atoms with van der Waals surface area (Å²) in [6, 6.07) is 2.75. The predicted molar refractivity (Wildman–Crippen MR) is 83.3 cm³/mol. The summed E-state index contributed by atoms with van der Waals surface area (Å²) in [5.74, 6) is -3.75. The van der Waals surface area contributed by atoms with Crippen LogP contribution in [0.15, 0.2) is 30.5 Å². The number of rotatable bonds is 5. The molecule has 0 saturated heterocycles. The molecule has 1 aromatic heterocycles. The number of anilines is 2. The lowest BCUT2D eigenvalue weighted by atomic mass is 10.1. The quantitative estimate of drug-likeness (QED) is 0.485. The number of aromatic carboxylic acids is 1. The van der Waals surface area contributed by atoms with Crippen molar-refractivity contribution in [3.05, 3.63) is 53.4 Å². The maximum atomic E-state index is 13.1. The number of hydrogen-bond donors (Lipinski definition) is 4. The van der Waals surface area contributed by atoms with E-state index in [1.165, 1.54) is 12.3 Å². The van der Waals surface area contributed by atoms with Gasteiger partial charge in [0.25, 0.3) is 0 Å². The second-order valence-electron chi connectivity index (χ2n) is 4.81. The normalized spacial score (nSPS) is 10.0. The predicted octanol–water partition coefficient (Wildman–Crippen LogP) is 2.41. The van der Waals surface area contributed by atoms with E-state index in [-0.39, 0.29) is 17.1 Å². The Kier molecular flexibility index (Phi) is 5.22. The average Bonchev–Trinajstić information content (AvgIpc) is 2.51. The molecule has 2 amide bonds. The molecule has 0 bridgehead atoms. The summed E-state index contributed by atoms with van der Waals surface area (Å²) >= 11 is 0. The average molecular weight is 350 g/mol. The van der Waals surface area contributed by atoms with Gasteiger partial charge in [0.1, 0.15) is 22.9 Å². The molecule has 25 heavy (non-hydrogen) atoms. The van der Waals surface area contributed by atoms with Crippen LogP contribution in [0.3, 0.4) is 0 Å². The van der Waals surface area contributed by atoms with Crippen molar-refractivity contribution in [2.45, 2.75) is 6.92 Å². The summed E-state index contributed by atoms with van der Waals surface area (Å²) in [6.07, 6.45) is 1.19. The van der Waals surface area contributed by atoms with Gasteiger partial charge in [-0.05, 0) is 18.2 Å². The molecule has 0 aliphatic carbocycles. The molecule has 2 rings (SSSR count). The Morgan fingerprint density at radius 1 is 1.12 bits per heavy atom. The first kappa shape index (κ1) is 17.8. The Balaban J connectivity index is 2.13. The maximum absolute atomic E-state index is 13.1. The number of carboxylic acid groups (broad SMARTS) is 1. The number of aromatic nitrogens is 1. The number of ketones is 1. The zero-order valence-corrected chi connectivity index (χ0v) is 12.8. The molecule has 2 aromatic rings. The monoisotopic (exact) mass is 350 g/mol. The van der Waals surface area contributed by atoms with Crippen LogP contribution < -0.4 is 16.2 Å². The second kappa shape index (κ2) is 7.34. The van der Waals surface area contributed by atoms with Gasteiger partial charge in [0, 0.05) is 24.9 Å². The number of Topliss-reactive ketones (excluding diaryl/α,β-unsaturated/α-hetero) is 1. The zero-order valence-electron chi connectivity index (χ0n) is 12.8. The molecular formula is C15H12F2N4O4. The van der Waals surface area contributed by atoms with Crippen molar-refractivity contribution in [3.63, 3.8) is 0 Å². The molecule has 0 radical (unpaired) electrons. The fraction of sp³-hybridized carbons (Fsp3) is 0.0667. The number of carbonyl (C=O) groups excluding carboxylic acids is 2. The number of nitrogens with one attached hydrogen (secondary N) is 3. The van der Waals surface area contributed by atoms with Crippen LogP contribution in [0.1, 0.15) is 27.8 Å². The molecule has 0 atom stereocenters. The number of carboxylic acids is 1. The zero-order chi connectivity index (χ0) is 18.6. The number of hydrazine groups is 1. The summed E-state index contributed by atoms with van der Waals surface area (Å²) < 4.78 is 26.1. The van der Waals surface area contributed by atoms with Gasteiger partial charge in [0.05, 0.1) is 5.69 Å². The van der Waals surface area contributed by atoms with E-state index in [2.05, 4.69) is 21.2 Å². The molecule has 130 valence electrons. The summed E-state index contributed by atoms with van der Waals surface area (Å²) in [5.41, 5.74) is 3.47. The van der Waals surface area contributed by atoms with E-state index >= 15 is 0 Å². The molecule has 1 heterocycles. The van der Waals surface area contributed by atoms with E-state index < -0.39 is 35.0 Å². The van der Waals surface area contributed by atoms with Crippen molar-refractivity contribution >= 4 is 29.2 Å². The highest BCUT2D eigenvalue weighted by molar-refractivity contribution is 6.07. The van der Waals surface area contributed by atoms with E-state index in [0.29, 0.717) is 6.07 Å². The number of hydrogen-bond acceptors (Lipinski definition) is 5. The molecule has 0 spiro atoms. The van der Waals surface area contributed by atoms with Crippen molar-refractivity contribution < 1.29 is 28.3 Å². The Hall–Kier alpha value is -3.56. The highest BCUT2D eigenvalue weighted by Crippen LogP contribution is 2.18. The van der Waals surface area contributed by atoms with Crippen molar-refractivity contribution in [1.29, 1.82) is 0 Å². The SMILES string of the molecule is CC(=O)c1nccc(NNC(=O)Nc2cc(F)cc(F)c2)c1C(=O)O. The molecule has 8 nitrogen and oxygen atoms in total. The molecule has 10 heteroatoms. The standard InChI is InChI=1S/C15H12F2N4O4/c1-7(22)13-12(14(23)24)11(2-3-18-13)20-21-15(25)19-10-5-8(16)4-9(17)6-10/h2-6H,1H3,(H,18,20)(H,23,24)(H2,19,21,25). The number of halogens is 2. The Labute approximate surface area is 139 Å². The van der Waals surface area contributed by atoms with Crippen LogP contribution in [-0.2, 0) is 0 Å². The van der Waals surface area contributed by atoms with Crippen molar-refractivity contribution in [2.75, 3.05) is 10.7 Å². The van der Waals surface area contributed by atoms with Gasteiger partial charge in [-0.15, -0.1) is 0 Å². The van der Waals surface area contributed by atoms with Gasteiger partial charge in [-0.2, -0.15) is 0 Å². The van der Waals surface area contributed by atoms with Gasteiger partial charge in [0.2, 0.25) is 0 Å². The van der Waals surface area contributed by atoms with Crippen LogP contribution in [0.25, 0.3) is 0 Å². The number of benzene rings is 1. The van der Waals surface area contributed by atoms with E-state index in [9.17, 15) is 28.3 Å². The minimum Gasteiger partial charge on any atom is -0.478 e. The molecule has 1 aromatic carbocycles. The van der Waals surface area contributed by atoms with Crippen LogP contribution in [-0.4, -0.2) is 27.9 Å². The number of carbonyl (C=O) groups is 3. The molecule has 0 saturated carbocycles. The lowest BCUT2D eigenvalue weighted by Gasteiger charge is -2.13. The van der Waals surface area contributed by atoms with Gasteiger partial charge < -0.3 is 10.4 Å². The van der Waals surface area contributed by atoms with E-state index in [4.69, 9.17) is 0 Å². The lowest BCUT2D eigenvalue weighted by molar-refractivity contribution is 0.0692. The van der Waals surface area contributed by atoms with Crippen molar-refractivity contribution in [2.24, 2.45) is 0 Å². The highest BCUT2D eigenvalue weighted by Gasteiger charge is 2.20. The molecular weight excluding hydrogens is 338 g/mol.